The van der Waals surface area contributed by atoms with Crippen LogP contribution >= 0.6 is 0 Å². The van der Waals surface area contributed by atoms with Crippen molar-refractivity contribution in [3.05, 3.63) is 0 Å². The zero-order chi connectivity index (χ0) is 14.5. The Kier molecular flexibility index (Phi) is 5.49. The van der Waals surface area contributed by atoms with E-state index in [0.717, 1.165) is 64.8 Å². The molecule has 1 amide bonds. The Morgan fingerprint density at radius 3 is 1.90 bits per heavy atom. The van der Waals surface area contributed by atoms with E-state index in [4.69, 9.17) is 14.2 Å². The molecule has 0 spiro atoms. The van der Waals surface area contributed by atoms with Crippen LogP contribution in [0.4, 0.5) is 0 Å². The van der Waals surface area contributed by atoms with Crippen LogP contribution in [0.5, 0.6) is 0 Å². The molecule has 2 atom stereocenters. The SMILES string of the molecule is O=C(C1CCOCC1)N(C[C@H]1CCCO1)C[C@@H]1CCCO1. The van der Waals surface area contributed by atoms with E-state index in [1.54, 1.807) is 0 Å². The van der Waals surface area contributed by atoms with Gasteiger partial charge < -0.3 is 19.1 Å². The fraction of sp³-hybridized carbons (Fsp3) is 0.938. The zero-order valence-electron chi connectivity index (χ0n) is 12.8. The zero-order valence-corrected chi connectivity index (χ0v) is 12.8. The Bertz CT molecular complexity index is 313. The Morgan fingerprint density at radius 1 is 0.857 bits per heavy atom. The third-order valence-electron chi connectivity index (χ3n) is 4.78. The van der Waals surface area contributed by atoms with Gasteiger partial charge in [0.05, 0.1) is 12.2 Å². The van der Waals surface area contributed by atoms with Crippen LogP contribution in [0.1, 0.15) is 38.5 Å². The number of hydrogen-bond acceptors (Lipinski definition) is 4. The normalized spacial score (nSPS) is 30.7. The van der Waals surface area contributed by atoms with E-state index < -0.39 is 0 Å². The second-order valence-electron chi connectivity index (χ2n) is 6.40. The lowest BCUT2D eigenvalue weighted by molar-refractivity contribution is -0.141. The average Bonchev–Trinajstić information content (AvgIpc) is 3.20. The first-order valence-electron chi connectivity index (χ1n) is 8.42. The summed E-state index contributed by atoms with van der Waals surface area (Å²) in [5.74, 6) is 0.408. The molecule has 5 nitrogen and oxygen atoms in total. The maximum absolute atomic E-state index is 12.8. The number of nitrogens with zero attached hydrogens (tertiary/aromatic N) is 1. The highest BCUT2D eigenvalue weighted by Crippen LogP contribution is 2.22. The topological polar surface area (TPSA) is 48.0 Å². The molecule has 0 aromatic carbocycles. The monoisotopic (exact) mass is 297 g/mol. The fourth-order valence-corrected chi connectivity index (χ4v) is 3.53. The summed E-state index contributed by atoms with van der Waals surface area (Å²) in [4.78, 5) is 14.8. The van der Waals surface area contributed by atoms with Gasteiger partial charge in [-0.05, 0) is 38.5 Å². The number of carbonyl (C=O) groups is 1. The average molecular weight is 297 g/mol. The minimum atomic E-state index is 0.126. The summed E-state index contributed by atoms with van der Waals surface area (Å²) in [7, 11) is 0. The van der Waals surface area contributed by atoms with Crippen LogP contribution in [0, 0.1) is 5.92 Å². The number of ether oxygens (including phenoxy) is 3. The third-order valence-corrected chi connectivity index (χ3v) is 4.78. The predicted molar refractivity (Wildman–Crippen MR) is 78.1 cm³/mol. The molecule has 0 aliphatic carbocycles. The van der Waals surface area contributed by atoms with Gasteiger partial charge in [-0.1, -0.05) is 0 Å². The van der Waals surface area contributed by atoms with Gasteiger partial charge in [-0.2, -0.15) is 0 Å². The van der Waals surface area contributed by atoms with Crippen LogP contribution in [-0.2, 0) is 19.0 Å². The maximum Gasteiger partial charge on any atom is 0.226 e. The van der Waals surface area contributed by atoms with Crippen molar-refractivity contribution in [2.45, 2.75) is 50.7 Å². The van der Waals surface area contributed by atoms with Crippen LogP contribution in [-0.4, -0.2) is 62.5 Å². The van der Waals surface area contributed by atoms with Crippen molar-refractivity contribution in [2.24, 2.45) is 5.92 Å². The van der Waals surface area contributed by atoms with E-state index in [9.17, 15) is 4.79 Å². The van der Waals surface area contributed by atoms with Gasteiger partial charge in [0, 0.05) is 45.4 Å². The van der Waals surface area contributed by atoms with Gasteiger partial charge in [-0.25, -0.2) is 0 Å². The molecule has 120 valence electrons. The molecule has 0 bridgehead atoms. The second kappa shape index (κ2) is 7.56. The summed E-state index contributed by atoms with van der Waals surface area (Å²) < 4.78 is 16.8. The lowest BCUT2D eigenvalue weighted by Gasteiger charge is -2.32. The van der Waals surface area contributed by atoms with Gasteiger partial charge in [0.1, 0.15) is 0 Å². The molecule has 3 saturated heterocycles. The van der Waals surface area contributed by atoms with Crippen molar-refractivity contribution in [3.8, 4) is 0 Å². The lowest BCUT2D eigenvalue weighted by atomic mass is 9.98. The highest BCUT2D eigenvalue weighted by atomic mass is 16.5. The Balaban J connectivity index is 1.59. The van der Waals surface area contributed by atoms with Crippen LogP contribution < -0.4 is 0 Å². The van der Waals surface area contributed by atoms with E-state index in [1.165, 1.54) is 0 Å². The van der Waals surface area contributed by atoms with E-state index >= 15 is 0 Å². The smallest absolute Gasteiger partial charge is 0.226 e. The van der Waals surface area contributed by atoms with Crippen molar-refractivity contribution < 1.29 is 19.0 Å². The molecule has 3 aliphatic rings. The summed E-state index contributed by atoms with van der Waals surface area (Å²) in [5, 5.41) is 0. The van der Waals surface area contributed by atoms with E-state index in [1.807, 2.05) is 4.90 Å². The minimum absolute atomic E-state index is 0.126. The number of amides is 1. The molecule has 0 aromatic heterocycles. The van der Waals surface area contributed by atoms with Gasteiger partial charge >= 0.3 is 0 Å². The summed E-state index contributed by atoms with van der Waals surface area (Å²) in [6, 6.07) is 0. The van der Waals surface area contributed by atoms with Crippen molar-refractivity contribution >= 4 is 5.91 Å². The second-order valence-corrected chi connectivity index (χ2v) is 6.40. The first-order chi connectivity index (χ1) is 10.3. The molecule has 21 heavy (non-hydrogen) atoms. The third kappa shape index (κ3) is 4.18. The molecule has 3 aliphatic heterocycles. The van der Waals surface area contributed by atoms with E-state index in [0.29, 0.717) is 13.2 Å². The van der Waals surface area contributed by atoms with Gasteiger partial charge in [-0.15, -0.1) is 0 Å². The molecule has 0 aromatic rings. The van der Waals surface area contributed by atoms with Crippen molar-refractivity contribution in [1.82, 2.24) is 4.90 Å². The van der Waals surface area contributed by atoms with Gasteiger partial charge in [0.15, 0.2) is 0 Å². The largest absolute Gasteiger partial charge is 0.381 e. The van der Waals surface area contributed by atoms with Crippen LogP contribution in [0.3, 0.4) is 0 Å². The summed E-state index contributed by atoms with van der Waals surface area (Å²) in [6.07, 6.45) is 6.52. The van der Waals surface area contributed by atoms with E-state index in [-0.39, 0.29) is 24.0 Å². The summed E-state index contributed by atoms with van der Waals surface area (Å²) >= 11 is 0. The Labute approximate surface area is 126 Å². The lowest BCUT2D eigenvalue weighted by Crippen LogP contribution is -2.45. The molecule has 0 radical (unpaired) electrons. The van der Waals surface area contributed by atoms with Crippen LogP contribution in [0.25, 0.3) is 0 Å². The summed E-state index contributed by atoms with van der Waals surface area (Å²) in [5.41, 5.74) is 0. The molecule has 3 fully saturated rings. The molecule has 0 saturated carbocycles. The first kappa shape index (κ1) is 15.3. The minimum Gasteiger partial charge on any atom is -0.381 e. The van der Waals surface area contributed by atoms with Crippen molar-refractivity contribution in [3.63, 3.8) is 0 Å². The quantitative estimate of drug-likeness (QED) is 0.773. The molecule has 0 N–H and O–H groups in total. The van der Waals surface area contributed by atoms with E-state index in [2.05, 4.69) is 0 Å². The van der Waals surface area contributed by atoms with Crippen molar-refractivity contribution in [1.29, 1.82) is 0 Å². The molecular weight excluding hydrogens is 270 g/mol. The van der Waals surface area contributed by atoms with Crippen molar-refractivity contribution in [2.75, 3.05) is 39.5 Å². The number of carbonyl (C=O) groups excluding carboxylic acids is 1. The van der Waals surface area contributed by atoms with Gasteiger partial charge in [-0.3, -0.25) is 4.79 Å². The first-order valence-corrected chi connectivity index (χ1v) is 8.42. The molecule has 5 heteroatoms. The van der Waals surface area contributed by atoms with Crippen LogP contribution in [0.15, 0.2) is 0 Å². The maximum atomic E-state index is 12.8. The Hall–Kier alpha value is -0.650. The van der Waals surface area contributed by atoms with Crippen LogP contribution in [0.2, 0.25) is 0 Å². The summed E-state index contributed by atoms with van der Waals surface area (Å²) in [6.45, 7) is 4.56. The predicted octanol–water partition coefficient (Wildman–Crippen LogP) is 1.60. The van der Waals surface area contributed by atoms with Gasteiger partial charge in [0.2, 0.25) is 5.91 Å². The number of rotatable bonds is 5. The fourth-order valence-electron chi connectivity index (χ4n) is 3.53. The van der Waals surface area contributed by atoms with Gasteiger partial charge in [0.25, 0.3) is 0 Å². The highest BCUT2D eigenvalue weighted by molar-refractivity contribution is 5.79. The Morgan fingerprint density at radius 2 is 1.43 bits per heavy atom. The molecule has 3 heterocycles. The number of hydrogen-bond donors (Lipinski definition) is 0. The molecule has 0 unspecified atom stereocenters. The molecular formula is C16H27NO4. The molecule has 3 rings (SSSR count). The standard InChI is InChI=1S/C16H27NO4/c18-16(13-5-9-19-10-6-13)17(11-14-3-1-7-20-14)12-15-4-2-8-21-15/h13-15H,1-12H2/t14-,15+. The highest BCUT2D eigenvalue weighted by Gasteiger charge is 2.31.